The van der Waals surface area contributed by atoms with Crippen LogP contribution in [0.4, 0.5) is 4.39 Å². The maximum Gasteiger partial charge on any atom is 0.128 e. The third-order valence-corrected chi connectivity index (χ3v) is 4.65. The molecule has 0 bridgehead atoms. The minimum atomic E-state index is -0.154. The molecular weight excluding hydrogens is 317 g/mol. The second kappa shape index (κ2) is 6.36. The van der Waals surface area contributed by atoms with Gasteiger partial charge in [0.1, 0.15) is 5.82 Å². The van der Waals surface area contributed by atoms with E-state index in [1.165, 1.54) is 18.9 Å². The average molecular weight is 335 g/mol. The van der Waals surface area contributed by atoms with Crippen molar-refractivity contribution >= 4 is 27.5 Å². The quantitative estimate of drug-likeness (QED) is 0.732. The zero-order valence-corrected chi connectivity index (χ0v) is 12.8. The van der Waals surface area contributed by atoms with Gasteiger partial charge in [0.05, 0.1) is 0 Å². The summed E-state index contributed by atoms with van der Waals surface area (Å²) in [6, 6.07) is 5.60. The van der Waals surface area contributed by atoms with Crippen molar-refractivity contribution in [2.24, 2.45) is 0 Å². The maximum absolute atomic E-state index is 13.8. The normalized spacial score (nSPS) is 24.5. The number of halogens is 3. The van der Waals surface area contributed by atoms with Crippen LogP contribution >= 0.6 is 27.5 Å². The van der Waals surface area contributed by atoms with Gasteiger partial charge in [0.25, 0.3) is 0 Å². The highest BCUT2D eigenvalue weighted by molar-refractivity contribution is 9.10. The fourth-order valence-electron chi connectivity index (χ4n) is 2.60. The summed E-state index contributed by atoms with van der Waals surface area (Å²) in [6.07, 6.45) is 4.62. The van der Waals surface area contributed by atoms with Crippen LogP contribution in [0.25, 0.3) is 0 Å². The van der Waals surface area contributed by atoms with Crippen LogP contribution in [0.3, 0.4) is 0 Å². The molecule has 0 aromatic heterocycles. The fourth-order valence-corrected chi connectivity index (χ4v) is 3.40. The predicted octanol–water partition coefficient (Wildman–Crippen LogP) is 4.57. The minimum Gasteiger partial charge on any atom is -0.298 e. The number of hydrogen-bond acceptors (Lipinski definition) is 1. The Kier molecular flexibility index (Phi) is 5.05. The van der Waals surface area contributed by atoms with Gasteiger partial charge in [-0.15, -0.1) is 11.6 Å². The lowest BCUT2D eigenvalue weighted by atomic mass is 9.93. The molecule has 0 N–H and O–H groups in total. The van der Waals surface area contributed by atoms with Crippen LogP contribution in [0.2, 0.25) is 0 Å². The Morgan fingerprint density at radius 3 is 2.78 bits per heavy atom. The van der Waals surface area contributed by atoms with Crippen LogP contribution in [0.15, 0.2) is 22.7 Å². The zero-order chi connectivity index (χ0) is 13.1. The molecule has 0 aliphatic heterocycles. The van der Waals surface area contributed by atoms with E-state index in [0.29, 0.717) is 12.6 Å². The molecule has 2 atom stereocenters. The van der Waals surface area contributed by atoms with Gasteiger partial charge >= 0.3 is 0 Å². The van der Waals surface area contributed by atoms with Crippen molar-refractivity contribution in [3.63, 3.8) is 0 Å². The molecule has 100 valence electrons. The van der Waals surface area contributed by atoms with Gasteiger partial charge in [-0.2, -0.15) is 0 Å². The number of benzene rings is 1. The standard InChI is InChI=1S/C14H18BrClFN/c1-18(14-5-3-2-4-12(14)16)9-10-6-7-11(15)8-13(10)17/h6-8,12,14H,2-5,9H2,1H3. The molecule has 0 spiro atoms. The highest BCUT2D eigenvalue weighted by Gasteiger charge is 2.26. The highest BCUT2D eigenvalue weighted by Crippen LogP contribution is 2.28. The van der Waals surface area contributed by atoms with E-state index in [1.54, 1.807) is 0 Å². The summed E-state index contributed by atoms with van der Waals surface area (Å²) in [5.74, 6) is -0.154. The molecule has 1 aliphatic rings. The SMILES string of the molecule is CN(Cc1ccc(Br)cc1F)C1CCCCC1Cl. The second-order valence-electron chi connectivity index (χ2n) is 5.02. The third kappa shape index (κ3) is 3.46. The lowest BCUT2D eigenvalue weighted by molar-refractivity contribution is 0.186. The third-order valence-electron chi connectivity index (χ3n) is 3.65. The summed E-state index contributed by atoms with van der Waals surface area (Å²) < 4.78 is 14.6. The van der Waals surface area contributed by atoms with Crippen molar-refractivity contribution in [3.05, 3.63) is 34.1 Å². The predicted molar refractivity (Wildman–Crippen MR) is 77.5 cm³/mol. The van der Waals surface area contributed by atoms with Gasteiger partial charge in [-0.3, -0.25) is 4.90 Å². The molecule has 1 aromatic carbocycles. The first-order valence-electron chi connectivity index (χ1n) is 6.36. The Labute approximate surface area is 121 Å². The van der Waals surface area contributed by atoms with E-state index < -0.39 is 0 Å². The molecule has 0 amide bonds. The van der Waals surface area contributed by atoms with Gasteiger partial charge in [0, 0.05) is 28.0 Å². The lowest BCUT2D eigenvalue weighted by Gasteiger charge is -2.35. The zero-order valence-electron chi connectivity index (χ0n) is 10.5. The van der Waals surface area contributed by atoms with Crippen LogP contribution in [0.1, 0.15) is 31.2 Å². The summed E-state index contributed by atoms with van der Waals surface area (Å²) in [5, 5.41) is 0.197. The van der Waals surface area contributed by atoms with Crippen LogP contribution in [-0.4, -0.2) is 23.4 Å². The molecule has 0 heterocycles. The first-order valence-corrected chi connectivity index (χ1v) is 7.59. The van der Waals surface area contributed by atoms with Gasteiger partial charge in [-0.1, -0.05) is 34.8 Å². The molecule has 1 aromatic rings. The molecule has 2 rings (SSSR count). The van der Waals surface area contributed by atoms with E-state index in [0.717, 1.165) is 22.9 Å². The maximum atomic E-state index is 13.8. The van der Waals surface area contributed by atoms with E-state index in [-0.39, 0.29) is 11.2 Å². The van der Waals surface area contributed by atoms with Gasteiger partial charge in [0.15, 0.2) is 0 Å². The molecule has 1 nitrogen and oxygen atoms in total. The van der Waals surface area contributed by atoms with Crippen molar-refractivity contribution in [1.29, 1.82) is 0 Å². The number of rotatable bonds is 3. The summed E-state index contributed by atoms with van der Waals surface area (Å²) in [4.78, 5) is 2.18. The summed E-state index contributed by atoms with van der Waals surface area (Å²) in [7, 11) is 2.03. The van der Waals surface area contributed by atoms with E-state index >= 15 is 0 Å². The Bertz CT molecular complexity index is 413. The fraction of sp³-hybridized carbons (Fsp3) is 0.571. The number of hydrogen-bond donors (Lipinski definition) is 0. The average Bonchev–Trinajstić information content (AvgIpc) is 2.33. The first kappa shape index (κ1) is 14.3. The van der Waals surface area contributed by atoms with E-state index in [4.69, 9.17) is 11.6 Å². The van der Waals surface area contributed by atoms with Gasteiger partial charge < -0.3 is 0 Å². The molecular formula is C14H18BrClFN. The Morgan fingerprint density at radius 2 is 2.11 bits per heavy atom. The van der Waals surface area contributed by atoms with E-state index in [2.05, 4.69) is 20.8 Å². The smallest absolute Gasteiger partial charge is 0.128 e. The van der Waals surface area contributed by atoms with Crippen molar-refractivity contribution in [1.82, 2.24) is 4.90 Å². The van der Waals surface area contributed by atoms with Gasteiger partial charge in [-0.05, 0) is 32.0 Å². The molecule has 1 saturated carbocycles. The molecule has 18 heavy (non-hydrogen) atoms. The molecule has 1 fully saturated rings. The second-order valence-corrected chi connectivity index (χ2v) is 6.49. The van der Waals surface area contributed by atoms with Crippen LogP contribution < -0.4 is 0 Å². The Balaban J connectivity index is 2.03. The van der Waals surface area contributed by atoms with E-state index in [1.807, 2.05) is 19.2 Å². The first-order chi connectivity index (χ1) is 8.58. The monoisotopic (exact) mass is 333 g/mol. The van der Waals surface area contributed by atoms with Gasteiger partial charge in [0.2, 0.25) is 0 Å². The molecule has 4 heteroatoms. The highest BCUT2D eigenvalue weighted by atomic mass is 79.9. The van der Waals surface area contributed by atoms with Crippen LogP contribution in [0, 0.1) is 5.82 Å². The van der Waals surface area contributed by atoms with Crippen molar-refractivity contribution in [2.75, 3.05) is 7.05 Å². The summed E-state index contributed by atoms with van der Waals surface area (Å²) in [6.45, 7) is 0.618. The van der Waals surface area contributed by atoms with Crippen LogP contribution in [-0.2, 0) is 6.54 Å². The van der Waals surface area contributed by atoms with Crippen molar-refractivity contribution < 1.29 is 4.39 Å². The van der Waals surface area contributed by atoms with Crippen molar-refractivity contribution in [3.8, 4) is 0 Å². The molecule has 2 unspecified atom stereocenters. The number of alkyl halides is 1. The Hall–Kier alpha value is -0.120. The summed E-state index contributed by atoms with van der Waals surface area (Å²) >= 11 is 9.64. The summed E-state index contributed by atoms with van der Waals surface area (Å²) in [5.41, 5.74) is 0.732. The van der Waals surface area contributed by atoms with Crippen molar-refractivity contribution in [2.45, 2.75) is 43.6 Å². The molecule has 0 radical (unpaired) electrons. The largest absolute Gasteiger partial charge is 0.298 e. The molecule has 0 saturated heterocycles. The minimum absolute atomic E-state index is 0.154. The number of nitrogens with zero attached hydrogens (tertiary/aromatic N) is 1. The van der Waals surface area contributed by atoms with Gasteiger partial charge in [-0.25, -0.2) is 4.39 Å². The Morgan fingerprint density at radius 1 is 1.39 bits per heavy atom. The van der Waals surface area contributed by atoms with E-state index in [9.17, 15) is 4.39 Å². The molecule has 1 aliphatic carbocycles. The topological polar surface area (TPSA) is 3.24 Å². The lowest BCUT2D eigenvalue weighted by Crippen LogP contribution is -2.40. The van der Waals surface area contributed by atoms with Crippen LogP contribution in [0.5, 0.6) is 0 Å².